The van der Waals surface area contributed by atoms with Gasteiger partial charge >= 0.3 is 0 Å². The quantitative estimate of drug-likeness (QED) is 0.0162. The summed E-state index contributed by atoms with van der Waals surface area (Å²) in [7, 11) is 0. The predicted molar refractivity (Wildman–Crippen MR) is 360 cm³/mol. The minimum absolute atomic E-state index is 0.600. The Hall–Kier alpha value is -6.42. The van der Waals surface area contributed by atoms with E-state index in [1.54, 1.807) is 0 Å². The molecule has 85 heavy (non-hydrogen) atoms. The number of rotatable bonds is 40. The molecule has 0 spiro atoms. The van der Waals surface area contributed by atoms with E-state index in [1.807, 2.05) is 60.7 Å². The fraction of sp³-hybridized carbons (Fsp3) is 0.526. The first-order valence-corrected chi connectivity index (χ1v) is 34.4. The highest BCUT2D eigenvalue weighted by atomic mass is 32.1. The Labute approximate surface area is 514 Å². The van der Waals surface area contributed by atoms with E-state index in [4.69, 9.17) is 37.7 Å². The maximum Gasteiger partial charge on any atom is 0.161 e. The van der Waals surface area contributed by atoms with Gasteiger partial charge in [0.15, 0.2) is 23.0 Å². The summed E-state index contributed by atoms with van der Waals surface area (Å²) < 4.78 is 37.4. The summed E-state index contributed by atoms with van der Waals surface area (Å²) in [6.45, 7) is 11.6. The highest BCUT2D eigenvalue weighted by Crippen LogP contribution is 2.45. The van der Waals surface area contributed by atoms with E-state index >= 15 is 0 Å². The molecule has 0 aliphatic carbocycles. The van der Waals surface area contributed by atoms with Gasteiger partial charge in [-0.25, -0.2) is 9.97 Å². The number of unbranched alkanes of at least 4 members (excludes halogenated alkanes) is 28. The Morgan fingerprint density at radius 1 is 0.294 bits per heavy atom. The van der Waals surface area contributed by atoms with Crippen LogP contribution >= 0.6 is 11.7 Å². The highest BCUT2D eigenvalue weighted by Gasteiger charge is 2.24. The third-order valence-corrected chi connectivity index (χ3v) is 17.1. The van der Waals surface area contributed by atoms with Crippen molar-refractivity contribution >= 4 is 66.4 Å². The highest BCUT2D eigenvalue weighted by molar-refractivity contribution is 7.00. The van der Waals surface area contributed by atoms with E-state index in [-0.39, 0.29) is 0 Å². The molecule has 0 atom stereocenters. The molecule has 0 bridgehead atoms. The minimum atomic E-state index is 0.600. The van der Waals surface area contributed by atoms with Gasteiger partial charge in [0.1, 0.15) is 22.1 Å². The zero-order valence-corrected chi connectivity index (χ0v) is 53.2. The number of hydrogen-bond donors (Lipinski definition) is 0. The molecule has 0 aliphatic rings. The molecule has 8 rings (SSSR count). The van der Waals surface area contributed by atoms with Gasteiger partial charge in [-0.1, -0.05) is 268 Å². The Kier molecular flexibility index (Phi) is 28.3. The maximum atomic E-state index is 6.90. The van der Waals surface area contributed by atoms with Crippen molar-refractivity contribution in [1.29, 1.82) is 0 Å². The molecule has 2 aromatic heterocycles. The summed E-state index contributed by atoms with van der Waals surface area (Å²) in [5.74, 6) is 17.0. The second-order valence-electron chi connectivity index (χ2n) is 23.5. The van der Waals surface area contributed by atoms with Crippen LogP contribution in [-0.4, -0.2) is 45.1 Å². The van der Waals surface area contributed by atoms with Crippen molar-refractivity contribution in [1.82, 2.24) is 18.7 Å². The van der Waals surface area contributed by atoms with E-state index in [1.165, 1.54) is 154 Å². The monoisotopic (exact) mass is 1160 g/mol. The van der Waals surface area contributed by atoms with Gasteiger partial charge in [0.05, 0.1) is 60.3 Å². The van der Waals surface area contributed by atoms with Crippen LogP contribution in [0.25, 0.3) is 54.6 Å². The second-order valence-corrected chi connectivity index (χ2v) is 24.1. The van der Waals surface area contributed by atoms with Crippen LogP contribution in [0.4, 0.5) is 0 Å². The van der Waals surface area contributed by atoms with Crippen molar-refractivity contribution in [3.63, 3.8) is 0 Å². The zero-order chi connectivity index (χ0) is 58.9. The largest absolute Gasteiger partial charge is 0.490 e. The van der Waals surface area contributed by atoms with Crippen molar-refractivity contribution in [3.8, 4) is 46.7 Å². The first-order chi connectivity index (χ1) is 42.1. The fourth-order valence-electron chi connectivity index (χ4n) is 11.5. The van der Waals surface area contributed by atoms with Crippen molar-refractivity contribution in [2.24, 2.45) is 0 Å². The molecule has 0 saturated carbocycles. The summed E-state index contributed by atoms with van der Waals surface area (Å²) >= 11 is 1.16. The summed E-state index contributed by atoms with van der Waals surface area (Å²) in [6, 6.07) is 28.9. The normalized spacial score (nSPS) is 11.4. The van der Waals surface area contributed by atoms with Gasteiger partial charge in [-0.2, -0.15) is 8.75 Å². The van der Waals surface area contributed by atoms with Crippen molar-refractivity contribution in [2.75, 3.05) is 26.4 Å². The first kappa shape index (κ1) is 64.6. The fourth-order valence-corrected chi connectivity index (χ4v) is 12.1. The first-order valence-electron chi connectivity index (χ1n) is 33.6. The number of hydrogen-bond acceptors (Lipinski definition) is 9. The van der Waals surface area contributed by atoms with Crippen LogP contribution in [0.3, 0.4) is 0 Å². The van der Waals surface area contributed by atoms with Gasteiger partial charge in [0.2, 0.25) is 0 Å². The van der Waals surface area contributed by atoms with E-state index < -0.39 is 0 Å². The SMILES string of the molecule is CCCCCCCCCCOc1cc2c3cc(OCCCCCCCCCC)c(OCCCCCCCCCC)cc3c3nc4c(C#Cc5ccccc5)c5nsnc5c(C#Cc5ccccc5)c4nc3c2cc1OCCCCCCCCCC. The van der Waals surface area contributed by atoms with Crippen LogP contribution in [0.15, 0.2) is 84.9 Å². The molecular weight excluding hydrogens is 1060 g/mol. The van der Waals surface area contributed by atoms with Crippen molar-refractivity contribution < 1.29 is 18.9 Å². The molecule has 8 aromatic rings. The summed E-state index contributed by atoms with van der Waals surface area (Å²) in [5.41, 5.74) is 7.17. The molecule has 0 fully saturated rings. The molecule has 452 valence electrons. The van der Waals surface area contributed by atoms with Crippen molar-refractivity contribution in [3.05, 3.63) is 107 Å². The van der Waals surface area contributed by atoms with Crippen LogP contribution in [0.2, 0.25) is 0 Å². The molecule has 9 heteroatoms. The van der Waals surface area contributed by atoms with Crippen LogP contribution in [0.5, 0.6) is 23.0 Å². The van der Waals surface area contributed by atoms with E-state index in [9.17, 15) is 0 Å². The Balaban J connectivity index is 1.29. The van der Waals surface area contributed by atoms with Gasteiger partial charge in [-0.3, -0.25) is 0 Å². The van der Waals surface area contributed by atoms with Crippen LogP contribution < -0.4 is 18.9 Å². The number of ether oxygens (including phenoxy) is 4. The summed E-state index contributed by atoms with van der Waals surface area (Å²) in [6.07, 6.45) is 39.3. The Morgan fingerprint density at radius 3 is 0.859 bits per heavy atom. The molecule has 0 saturated heterocycles. The topological polar surface area (TPSA) is 88.5 Å². The second kappa shape index (κ2) is 37.2. The van der Waals surface area contributed by atoms with Gasteiger partial charge in [0.25, 0.3) is 0 Å². The number of aromatic nitrogens is 4. The molecule has 0 aliphatic heterocycles. The lowest BCUT2D eigenvalue weighted by atomic mass is 9.97. The lowest BCUT2D eigenvalue weighted by Crippen LogP contribution is -2.05. The van der Waals surface area contributed by atoms with Crippen LogP contribution in [0, 0.1) is 23.7 Å². The lowest BCUT2D eigenvalue weighted by Gasteiger charge is -2.19. The lowest BCUT2D eigenvalue weighted by molar-refractivity contribution is 0.258. The molecule has 8 nitrogen and oxygen atoms in total. The zero-order valence-electron chi connectivity index (χ0n) is 52.4. The third kappa shape index (κ3) is 19.8. The maximum absolute atomic E-state index is 6.90. The average molecular weight is 1160 g/mol. The van der Waals surface area contributed by atoms with E-state index in [0.29, 0.717) is 59.6 Å². The van der Waals surface area contributed by atoms with Gasteiger partial charge in [-0.15, -0.1) is 0 Å². The molecule has 2 heterocycles. The Morgan fingerprint density at radius 2 is 0.565 bits per heavy atom. The van der Waals surface area contributed by atoms with E-state index in [0.717, 1.165) is 130 Å². The number of benzene rings is 6. The standard InChI is InChI=1S/C76H98N4O4S/c1-5-9-13-17-21-25-29-39-51-81-67-55-63-64-56-68(82-52-40-30-26-22-18-14-10-6-2)70(84-54-42-32-28-24-20-16-12-8-4)58-66(64)74-73(65(63)57-69(67)83-53-41-31-27-23-19-15-11-7-3)77-71-61(49-47-59-43-35-33-36-44-59)75-76(80-85-79-75)62(72(71)78-74)50-48-60-45-37-34-38-46-60/h33-38,43-46,55-58H,5-32,39-42,51-54H2,1-4H3. The van der Waals surface area contributed by atoms with Crippen LogP contribution in [0.1, 0.15) is 255 Å². The molecule has 0 unspecified atom stereocenters. The molecule has 0 amide bonds. The molecule has 0 radical (unpaired) electrons. The average Bonchev–Trinajstić information content (AvgIpc) is 1.56. The van der Waals surface area contributed by atoms with Gasteiger partial charge in [-0.05, 0) is 85.0 Å². The predicted octanol–water partition coefficient (Wildman–Crippen LogP) is 22.0. The summed E-state index contributed by atoms with van der Waals surface area (Å²) in [5, 5.41) is 3.81. The van der Waals surface area contributed by atoms with Crippen molar-refractivity contribution in [2.45, 2.75) is 233 Å². The molecule has 0 N–H and O–H groups in total. The third-order valence-electron chi connectivity index (χ3n) is 16.5. The summed E-state index contributed by atoms with van der Waals surface area (Å²) in [4.78, 5) is 11.5. The van der Waals surface area contributed by atoms with Crippen LogP contribution in [-0.2, 0) is 0 Å². The number of fused-ring (bicyclic) bond motifs is 8. The smallest absolute Gasteiger partial charge is 0.161 e. The van der Waals surface area contributed by atoms with Gasteiger partial charge in [0, 0.05) is 21.9 Å². The molecule has 6 aromatic carbocycles. The van der Waals surface area contributed by atoms with Gasteiger partial charge < -0.3 is 18.9 Å². The number of nitrogens with zero attached hydrogens (tertiary/aromatic N) is 4. The molecular formula is C76H98N4O4S. The Bertz CT molecular complexity index is 3170. The minimum Gasteiger partial charge on any atom is -0.490 e. The van der Waals surface area contributed by atoms with E-state index in [2.05, 4.69) is 75.6 Å².